The SMILES string of the molecule is CON=C(C(=O)N[C@@H]1C(=O)N2C(C(=O)O[Si](C)(C)C)=C(CI)CS[C@H]12)c1csc(N[Si](C)(C)C)n1. The molecule has 0 radical (unpaired) electrons. The molecule has 35 heavy (non-hydrogen) atoms. The fraction of sp³-hybridized carbons (Fsp3) is 0.550. The van der Waals surface area contributed by atoms with Gasteiger partial charge in [0, 0.05) is 15.6 Å². The Morgan fingerprint density at radius 1 is 1.29 bits per heavy atom. The van der Waals surface area contributed by atoms with Gasteiger partial charge in [-0.1, -0.05) is 47.4 Å². The van der Waals surface area contributed by atoms with Crippen LogP contribution in [0.3, 0.4) is 0 Å². The van der Waals surface area contributed by atoms with Gasteiger partial charge in [0.2, 0.25) is 8.32 Å². The van der Waals surface area contributed by atoms with Crippen molar-refractivity contribution in [2.24, 2.45) is 5.16 Å². The van der Waals surface area contributed by atoms with E-state index < -0.39 is 39.8 Å². The molecule has 0 aliphatic carbocycles. The van der Waals surface area contributed by atoms with Crippen LogP contribution >= 0.6 is 45.7 Å². The van der Waals surface area contributed by atoms with Crippen LogP contribution in [-0.2, 0) is 23.6 Å². The Balaban J connectivity index is 1.77. The number of carbonyl (C=O) groups excluding carboxylic acids is 3. The fourth-order valence-corrected chi connectivity index (χ4v) is 8.75. The number of alkyl halides is 1. The van der Waals surface area contributed by atoms with E-state index in [1.165, 1.54) is 35.1 Å². The monoisotopic (exact) mass is 667 g/mol. The predicted molar refractivity (Wildman–Crippen MR) is 153 cm³/mol. The van der Waals surface area contributed by atoms with Crippen molar-refractivity contribution in [1.29, 1.82) is 0 Å². The van der Waals surface area contributed by atoms with Crippen LogP contribution in [0, 0.1) is 0 Å². The first kappa shape index (κ1) is 28.1. The summed E-state index contributed by atoms with van der Waals surface area (Å²) in [6.07, 6.45) is 0. The zero-order valence-corrected chi connectivity index (χ0v) is 26.5. The van der Waals surface area contributed by atoms with Crippen molar-refractivity contribution in [3.05, 3.63) is 22.3 Å². The number of amides is 2. The minimum atomic E-state index is -2.15. The number of anilines is 1. The quantitative estimate of drug-likeness (QED) is 0.103. The van der Waals surface area contributed by atoms with E-state index >= 15 is 0 Å². The molecule has 0 unspecified atom stereocenters. The molecule has 0 bridgehead atoms. The molecule has 192 valence electrons. The van der Waals surface area contributed by atoms with Gasteiger partial charge in [-0.3, -0.25) is 14.5 Å². The molecule has 15 heteroatoms. The number of β-lactam (4-membered cyclic amide) rings is 1. The van der Waals surface area contributed by atoms with E-state index in [2.05, 4.69) is 62.7 Å². The van der Waals surface area contributed by atoms with Crippen molar-refractivity contribution < 1.29 is 23.6 Å². The minimum Gasteiger partial charge on any atom is -0.515 e. The Hall–Kier alpha value is -1.44. The number of carbonyl (C=O) groups is 3. The average Bonchev–Trinajstić information content (AvgIpc) is 3.19. The Kier molecular flexibility index (Phi) is 8.76. The highest BCUT2D eigenvalue weighted by Gasteiger charge is 2.54. The van der Waals surface area contributed by atoms with Gasteiger partial charge in [-0.2, -0.15) is 0 Å². The third-order valence-corrected chi connectivity index (χ3v) is 9.70. The number of oxime groups is 1. The number of thiazole rings is 1. The number of fused-ring (bicyclic) bond motifs is 1. The predicted octanol–water partition coefficient (Wildman–Crippen LogP) is 3.21. The van der Waals surface area contributed by atoms with Gasteiger partial charge < -0.3 is 19.6 Å². The molecule has 10 nitrogen and oxygen atoms in total. The maximum atomic E-state index is 13.1. The summed E-state index contributed by atoms with van der Waals surface area (Å²) in [5.74, 6) is -0.802. The fourth-order valence-electron chi connectivity index (χ4n) is 3.37. The molecule has 0 spiro atoms. The Morgan fingerprint density at radius 2 is 1.97 bits per heavy atom. The number of hydrogen-bond acceptors (Lipinski definition) is 10. The summed E-state index contributed by atoms with van der Waals surface area (Å²) in [6.45, 7) is 12.2. The summed E-state index contributed by atoms with van der Waals surface area (Å²) < 4.78 is 6.30. The lowest BCUT2D eigenvalue weighted by atomic mass is 10.0. The smallest absolute Gasteiger partial charge is 0.341 e. The number of halogens is 1. The summed E-state index contributed by atoms with van der Waals surface area (Å²) >= 11 is 5.08. The molecular weight excluding hydrogens is 637 g/mol. The summed E-state index contributed by atoms with van der Waals surface area (Å²) in [7, 11) is -2.43. The lowest BCUT2D eigenvalue weighted by Gasteiger charge is -2.49. The number of thioether (sulfide) groups is 1. The molecule has 2 N–H and O–H groups in total. The second-order valence-corrected chi connectivity index (χ2v) is 21.9. The minimum absolute atomic E-state index is 0.0127. The third-order valence-electron chi connectivity index (χ3n) is 4.71. The number of nitrogens with one attached hydrogen (secondary N) is 2. The molecule has 1 aromatic heterocycles. The van der Waals surface area contributed by atoms with Crippen molar-refractivity contribution in [1.82, 2.24) is 15.2 Å². The Bertz CT molecular complexity index is 1080. The molecule has 3 heterocycles. The highest BCUT2D eigenvalue weighted by Crippen LogP contribution is 2.41. The second kappa shape index (κ2) is 10.9. The lowest BCUT2D eigenvalue weighted by Crippen LogP contribution is -2.71. The van der Waals surface area contributed by atoms with Gasteiger partial charge in [0.25, 0.3) is 11.8 Å². The third kappa shape index (κ3) is 6.66. The van der Waals surface area contributed by atoms with E-state index in [0.29, 0.717) is 26.7 Å². The van der Waals surface area contributed by atoms with Crippen LogP contribution in [0.2, 0.25) is 39.3 Å². The second-order valence-electron chi connectivity index (χ2n) is 9.98. The van der Waals surface area contributed by atoms with Crippen molar-refractivity contribution >= 4 is 90.9 Å². The van der Waals surface area contributed by atoms with Crippen molar-refractivity contribution in [2.45, 2.75) is 50.7 Å². The molecule has 1 fully saturated rings. The molecule has 2 aliphatic rings. The van der Waals surface area contributed by atoms with Gasteiger partial charge in [0.1, 0.15) is 38.2 Å². The van der Waals surface area contributed by atoms with Crippen LogP contribution < -0.4 is 10.3 Å². The number of aromatic nitrogens is 1. The standard InChI is InChI=1S/C20H30IN5O5S2Si2/c1-30-24-13(12-10-33-20(22-12)25-34(2,3)4)16(27)23-14-17(28)26-15(19(29)31-35(5,6)7)11(8-21)9-32-18(14)26/h10,14,18H,8-9H2,1-7H3,(H,22,25)(H,23,27)/t14-,18-/m1/s1. The molecule has 2 atom stereocenters. The molecule has 0 saturated carbocycles. The number of nitrogens with zero attached hydrogens (tertiary/aromatic N) is 3. The number of hydrogen-bond donors (Lipinski definition) is 2. The van der Waals surface area contributed by atoms with E-state index in [-0.39, 0.29) is 11.6 Å². The van der Waals surface area contributed by atoms with Crippen LogP contribution in [-0.4, -0.2) is 78.6 Å². The average molecular weight is 668 g/mol. The van der Waals surface area contributed by atoms with E-state index in [1.807, 2.05) is 19.6 Å². The summed E-state index contributed by atoms with van der Waals surface area (Å²) in [5, 5.41) is 8.67. The molecule has 0 aromatic carbocycles. The zero-order valence-electron chi connectivity index (χ0n) is 20.7. The topological polar surface area (TPSA) is 122 Å². The highest BCUT2D eigenvalue weighted by molar-refractivity contribution is 14.1. The van der Waals surface area contributed by atoms with Gasteiger partial charge in [0.15, 0.2) is 10.8 Å². The molecule has 1 aromatic rings. The van der Waals surface area contributed by atoms with Gasteiger partial charge >= 0.3 is 5.97 Å². The Morgan fingerprint density at radius 3 is 2.54 bits per heavy atom. The first-order valence-electron chi connectivity index (χ1n) is 10.9. The van der Waals surface area contributed by atoms with E-state index in [4.69, 9.17) is 9.26 Å². The van der Waals surface area contributed by atoms with Crippen LogP contribution in [0.4, 0.5) is 5.13 Å². The molecular formula is C20H30IN5O5S2Si2. The zero-order chi connectivity index (χ0) is 26.1. The van der Waals surface area contributed by atoms with Crippen molar-refractivity contribution in [2.75, 3.05) is 22.3 Å². The molecule has 1 saturated heterocycles. The molecule has 2 amide bonds. The van der Waals surface area contributed by atoms with Gasteiger partial charge in [-0.05, 0) is 25.2 Å². The van der Waals surface area contributed by atoms with E-state index in [1.54, 1.807) is 5.38 Å². The van der Waals surface area contributed by atoms with Crippen LogP contribution in [0.15, 0.2) is 21.8 Å². The first-order chi connectivity index (χ1) is 16.3. The maximum absolute atomic E-state index is 13.1. The van der Waals surface area contributed by atoms with Gasteiger partial charge in [-0.15, -0.1) is 23.1 Å². The summed E-state index contributed by atoms with van der Waals surface area (Å²) in [4.78, 5) is 53.4. The normalized spacial score (nSPS) is 20.7. The highest BCUT2D eigenvalue weighted by atomic mass is 127. The number of rotatable bonds is 9. The van der Waals surface area contributed by atoms with E-state index in [0.717, 1.165) is 5.57 Å². The maximum Gasteiger partial charge on any atom is 0.341 e. The lowest BCUT2D eigenvalue weighted by molar-refractivity contribution is -0.149. The first-order valence-corrected chi connectivity index (χ1v) is 21.2. The van der Waals surface area contributed by atoms with Crippen LogP contribution in [0.1, 0.15) is 5.69 Å². The Labute approximate surface area is 229 Å². The van der Waals surface area contributed by atoms with Crippen molar-refractivity contribution in [3.8, 4) is 0 Å². The van der Waals surface area contributed by atoms with Crippen LogP contribution in [0.5, 0.6) is 0 Å². The summed E-state index contributed by atoms with van der Waals surface area (Å²) in [5.41, 5.74) is 1.52. The largest absolute Gasteiger partial charge is 0.515 e. The van der Waals surface area contributed by atoms with Gasteiger partial charge in [-0.25, -0.2) is 9.78 Å². The van der Waals surface area contributed by atoms with Crippen molar-refractivity contribution in [3.63, 3.8) is 0 Å². The van der Waals surface area contributed by atoms with Crippen LogP contribution in [0.25, 0.3) is 0 Å². The molecule has 2 aliphatic heterocycles. The summed E-state index contributed by atoms with van der Waals surface area (Å²) in [6, 6.07) is -0.793. The van der Waals surface area contributed by atoms with E-state index in [9.17, 15) is 14.4 Å². The van der Waals surface area contributed by atoms with Gasteiger partial charge in [0.05, 0.1) is 0 Å². The molecule has 3 rings (SSSR count).